The van der Waals surface area contributed by atoms with Crippen molar-refractivity contribution in [2.75, 3.05) is 26.0 Å². The van der Waals surface area contributed by atoms with Gasteiger partial charge in [-0.1, -0.05) is 6.07 Å². The number of amides is 1. The Morgan fingerprint density at radius 2 is 1.86 bits per heavy atom. The number of benzene rings is 2. The predicted octanol–water partition coefficient (Wildman–Crippen LogP) is 1.78. The van der Waals surface area contributed by atoms with Gasteiger partial charge in [-0.25, -0.2) is 17.5 Å². The van der Waals surface area contributed by atoms with Crippen molar-refractivity contribution in [1.82, 2.24) is 4.31 Å². The number of Topliss-reactive ketones (excluding diaryl/α,β-unsaturated/α-hetero) is 1. The van der Waals surface area contributed by atoms with Crippen molar-refractivity contribution in [2.24, 2.45) is 0 Å². The van der Waals surface area contributed by atoms with Crippen molar-refractivity contribution in [2.45, 2.75) is 18.2 Å². The Bertz CT molecular complexity index is 1120. The molecule has 0 aliphatic carbocycles. The van der Waals surface area contributed by atoms with E-state index in [1.807, 2.05) is 0 Å². The molecule has 0 radical (unpaired) electrons. The largest absolute Gasteiger partial charge is 0.454 e. The summed E-state index contributed by atoms with van der Waals surface area (Å²) >= 11 is 0. The number of esters is 1. The van der Waals surface area contributed by atoms with Crippen LogP contribution in [-0.4, -0.2) is 51.1 Å². The maximum atomic E-state index is 12.4. The number of hydrogen-bond acceptors (Lipinski definition) is 6. The molecular weight excluding hydrogens is 396 g/mol. The lowest BCUT2D eigenvalue weighted by molar-refractivity contribution is -0.115. The smallest absolute Gasteiger partial charge is 0.338 e. The second-order valence-corrected chi connectivity index (χ2v) is 9.01. The summed E-state index contributed by atoms with van der Waals surface area (Å²) in [6, 6.07) is 8.94. The lowest BCUT2D eigenvalue weighted by Gasteiger charge is -2.13. The van der Waals surface area contributed by atoms with E-state index in [9.17, 15) is 22.8 Å². The number of sulfonamides is 1. The van der Waals surface area contributed by atoms with E-state index in [1.165, 1.54) is 32.3 Å². The lowest BCUT2D eigenvalue weighted by atomic mass is 10.1. The molecule has 29 heavy (non-hydrogen) atoms. The molecule has 0 spiro atoms. The van der Waals surface area contributed by atoms with Crippen molar-refractivity contribution in [3.05, 3.63) is 58.7 Å². The third-order valence-electron chi connectivity index (χ3n) is 4.59. The molecular formula is C20H20N2O6S. The van der Waals surface area contributed by atoms with Crippen LogP contribution in [0.3, 0.4) is 0 Å². The summed E-state index contributed by atoms with van der Waals surface area (Å²) in [7, 11) is -0.920. The maximum absolute atomic E-state index is 12.4. The molecule has 1 aliphatic heterocycles. The Morgan fingerprint density at radius 1 is 1.14 bits per heavy atom. The van der Waals surface area contributed by atoms with E-state index < -0.39 is 28.4 Å². The zero-order valence-electron chi connectivity index (χ0n) is 16.2. The Morgan fingerprint density at radius 3 is 2.55 bits per heavy atom. The summed E-state index contributed by atoms with van der Waals surface area (Å²) in [4.78, 5) is 36.2. The first kappa shape index (κ1) is 20.7. The van der Waals surface area contributed by atoms with Gasteiger partial charge in [0.15, 0.2) is 12.4 Å². The number of rotatable bonds is 6. The fourth-order valence-corrected chi connectivity index (χ4v) is 3.82. The standard InChI is InChI=1S/C20H20N2O6S/c1-12-4-6-15(29(26,27)22(2)3)10-16(12)20(25)28-11-18(23)13-5-7-17-14(8-13)9-19(24)21-17/h4-8,10H,9,11H2,1-3H3,(H,21,24). The summed E-state index contributed by atoms with van der Waals surface area (Å²) in [5.74, 6) is -1.35. The quantitative estimate of drug-likeness (QED) is 0.568. The molecule has 0 fully saturated rings. The number of hydrogen-bond donors (Lipinski definition) is 1. The molecule has 1 heterocycles. The van der Waals surface area contributed by atoms with E-state index in [0.717, 1.165) is 4.31 Å². The van der Waals surface area contributed by atoms with Crippen molar-refractivity contribution in [3.63, 3.8) is 0 Å². The van der Waals surface area contributed by atoms with Gasteiger partial charge in [-0.05, 0) is 48.4 Å². The first-order valence-corrected chi connectivity index (χ1v) is 10.2. The van der Waals surface area contributed by atoms with Gasteiger partial charge in [0.2, 0.25) is 15.9 Å². The molecule has 1 aliphatic rings. The number of ether oxygens (including phenoxy) is 1. The molecule has 2 aromatic rings. The van der Waals surface area contributed by atoms with Crippen LogP contribution < -0.4 is 5.32 Å². The van der Waals surface area contributed by atoms with Crippen LogP contribution in [-0.2, 0) is 26.0 Å². The highest BCUT2D eigenvalue weighted by Crippen LogP contribution is 2.24. The van der Waals surface area contributed by atoms with Gasteiger partial charge in [0.1, 0.15) is 0 Å². The number of nitrogens with one attached hydrogen (secondary N) is 1. The molecule has 0 saturated carbocycles. The Hall–Kier alpha value is -3.04. The third-order valence-corrected chi connectivity index (χ3v) is 6.41. The molecule has 1 amide bonds. The minimum atomic E-state index is -3.71. The van der Waals surface area contributed by atoms with Gasteiger partial charge in [0, 0.05) is 25.3 Å². The van der Waals surface area contributed by atoms with Gasteiger partial charge in [-0.3, -0.25) is 9.59 Å². The Labute approximate surface area is 168 Å². The van der Waals surface area contributed by atoms with Gasteiger partial charge >= 0.3 is 5.97 Å². The first-order valence-electron chi connectivity index (χ1n) is 8.76. The molecule has 1 N–H and O–H groups in total. The molecule has 2 aromatic carbocycles. The van der Waals surface area contributed by atoms with E-state index in [2.05, 4.69) is 5.32 Å². The topological polar surface area (TPSA) is 110 Å². The van der Waals surface area contributed by atoms with Crippen LogP contribution in [0.5, 0.6) is 0 Å². The van der Waals surface area contributed by atoms with Gasteiger partial charge < -0.3 is 10.1 Å². The average Bonchev–Trinajstić information content (AvgIpc) is 3.04. The Balaban J connectivity index is 1.74. The zero-order valence-corrected chi connectivity index (χ0v) is 17.0. The highest BCUT2D eigenvalue weighted by molar-refractivity contribution is 7.89. The van der Waals surface area contributed by atoms with E-state index in [4.69, 9.17) is 4.74 Å². The fourth-order valence-electron chi connectivity index (χ4n) is 2.89. The van der Waals surface area contributed by atoms with Gasteiger partial charge in [-0.2, -0.15) is 0 Å². The molecule has 0 bridgehead atoms. The number of nitrogens with zero attached hydrogens (tertiary/aromatic N) is 1. The summed E-state index contributed by atoms with van der Waals surface area (Å²) in [6.45, 7) is 1.15. The van der Waals surface area contributed by atoms with E-state index >= 15 is 0 Å². The van der Waals surface area contributed by atoms with Crippen LogP contribution >= 0.6 is 0 Å². The van der Waals surface area contributed by atoms with E-state index in [-0.39, 0.29) is 22.8 Å². The highest BCUT2D eigenvalue weighted by atomic mass is 32.2. The van der Waals surface area contributed by atoms with Crippen molar-refractivity contribution in [3.8, 4) is 0 Å². The van der Waals surface area contributed by atoms with Crippen LogP contribution in [0, 0.1) is 6.92 Å². The van der Waals surface area contributed by atoms with E-state index in [0.29, 0.717) is 22.4 Å². The zero-order chi connectivity index (χ0) is 21.3. The molecule has 0 unspecified atom stereocenters. The van der Waals surface area contributed by atoms with Crippen LogP contribution in [0.2, 0.25) is 0 Å². The number of anilines is 1. The first-order chi connectivity index (χ1) is 13.6. The number of carbonyl (C=O) groups is 3. The van der Waals surface area contributed by atoms with Gasteiger partial charge in [0.25, 0.3) is 0 Å². The molecule has 152 valence electrons. The molecule has 3 rings (SSSR count). The van der Waals surface area contributed by atoms with Gasteiger partial charge in [-0.15, -0.1) is 0 Å². The summed E-state index contributed by atoms with van der Waals surface area (Å²) in [6.07, 6.45) is 0.197. The highest BCUT2D eigenvalue weighted by Gasteiger charge is 2.22. The fraction of sp³-hybridized carbons (Fsp3) is 0.250. The number of ketones is 1. The van der Waals surface area contributed by atoms with Crippen molar-refractivity contribution in [1.29, 1.82) is 0 Å². The summed E-state index contributed by atoms with van der Waals surface area (Å²) in [5.41, 5.74) is 2.31. The molecule has 0 saturated heterocycles. The predicted molar refractivity (Wildman–Crippen MR) is 105 cm³/mol. The minimum absolute atomic E-state index is 0.0397. The van der Waals surface area contributed by atoms with Crippen molar-refractivity contribution < 1.29 is 27.5 Å². The van der Waals surface area contributed by atoms with E-state index in [1.54, 1.807) is 25.1 Å². The van der Waals surface area contributed by atoms with Crippen LogP contribution in [0.15, 0.2) is 41.3 Å². The van der Waals surface area contributed by atoms with Crippen LogP contribution in [0.25, 0.3) is 0 Å². The second kappa shape index (κ2) is 7.76. The second-order valence-electron chi connectivity index (χ2n) is 6.86. The third kappa shape index (κ3) is 4.20. The molecule has 8 nitrogen and oxygen atoms in total. The molecule has 0 aromatic heterocycles. The minimum Gasteiger partial charge on any atom is -0.454 e. The number of aryl methyl sites for hydroxylation is 1. The number of carbonyl (C=O) groups excluding carboxylic acids is 3. The van der Waals surface area contributed by atoms with Crippen molar-refractivity contribution >= 4 is 33.4 Å². The maximum Gasteiger partial charge on any atom is 0.338 e. The van der Waals surface area contributed by atoms with Crippen LogP contribution in [0.4, 0.5) is 5.69 Å². The number of fused-ring (bicyclic) bond motifs is 1. The molecule has 0 atom stereocenters. The summed E-state index contributed by atoms with van der Waals surface area (Å²) in [5, 5.41) is 2.68. The average molecular weight is 416 g/mol. The van der Waals surface area contributed by atoms with Crippen LogP contribution in [0.1, 0.15) is 31.8 Å². The lowest BCUT2D eigenvalue weighted by Crippen LogP contribution is -2.23. The molecule has 9 heteroatoms. The van der Waals surface area contributed by atoms with Gasteiger partial charge in [0.05, 0.1) is 16.9 Å². The SMILES string of the molecule is Cc1ccc(S(=O)(=O)N(C)C)cc1C(=O)OCC(=O)c1ccc2c(c1)CC(=O)N2. The Kier molecular flexibility index (Phi) is 5.54. The summed E-state index contributed by atoms with van der Waals surface area (Å²) < 4.78 is 30.7. The normalized spacial score (nSPS) is 13.2. The monoisotopic (exact) mass is 416 g/mol.